The number of benzene rings is 1. The molecule has 0 aliphatic carbocycles. The molecule has 2 aromatic rings. The van der Waals surface area contributed by atoms with E-state index in [1.807, 2.05) is 13.8 Å². The highest BCUT2D eigenvalue weighted by Gasteiger charge is 2.17. The van der Waals surface area contributed by atoms with Gasteiger partial charge in [0.15, 0.2) is 0 Å². The zero-order chi connectivity index (χ0) is 17.7. The Morgan fingerprint density at radius 1 is 1.29 bits per heavy atom. The number of hydrogen-bond acceptors (Lipinski definition) is 4. The van der Waals surface area contributed by atoms with Crippen LogP contribution in [0.2, 0.25) is 0 Å². The first-order valence-corrected chi connectivity index (χ1v) is 7.69. The van der Waals surface area contributed by atoms with Crippen LogP contribution in [-0.4, -0.2) is 33.4 Å². The normalized spacial score (nSPS) is 12.2. The number of nitrogens with zero attached hydrogens (tertiary/aromatic N) is 2. The maximum absolute atomic E-state index is 13.9. The predicted molar refractivity (Wildman–Crippen MR) is 87.6 cm³/mol. The van der Waals surface area contributed by atoms with Gasteiger partial charge < -0.3 is 10.4 Å². The number of para-hydroxylation sites is 1. The van der Waals surface area contributed by atoms with E-state index in [-0.39, 0.29) is 18.0 Å². The van der Waals surface area contributed by atoms with Gasteiger partial charge >= 0.3 is 0 Å². The average molecular weight is 333 g/mol. The minimum absolute atomic E-state index is 0.0277. The van der Waals surface area contributed by atoms with Gasteiger partial charge in [-0.2, -0.15) is 9.78 Å². The van der Waals surface area contributed by atoms with Crippen molar-refractivity contribution in [3.63, 3.8) is 0 Å². The minimum atomic E-state index is -0.613. The summed E-state index contributed by atoms with van der Waals surface area (Å²) in [5.41, 5.74) is -0.601. The van der Waals surface area contributed by atoms with Crippen LogP contribution in [-0.2, 0) is 0 Å². The first-order chi connectivity index (χ1) is 11.4. The summed E-state index contributed by atoms with van der Waals surface area (Å²) in [4.78, 5) is 24.2. The average Bonchev–Trinajstić information content (AvgIpc) is 2.55. The van der Waals surface area contributed by atoms with Crippen LogP contribution in [0.4, 0.5) is 4.39 Å². The van der Waals surface area contributed by atoms with Gasteiger partial charge in [0.2, 0.25) is 0 Å². The Labute approximate surface area is 138 Å². The smallest absolute Gasteiger partial charge is 0.272 e. The molecule has 0 saturated heterocycles. The Morgan fingerprint density at radius 3 is 2.62 bits per heavy atom. The zero-order valence-electron chi connectivity index (χ0n) is 13.6. The minimum Gasteiger partial charge on any atom is -0.394 e. The second-order valence-electron chi connectivity index (χ2n) is 5.90. The van der Waals surface area contributed by atoms with E-state index in [4.69, 9.17) is 0 Å². The summed E-state index contributed by atoms with van der Waals surface area (Å²) in [5, 5.41) is 16.0. The molecule has 1 aromatic carbocycles. The fraction of sp³-hybridized carbons (Fsp3) is 0.353. The van der Waals surface area contributed by atoms with Crippen LogP contribution < -0.4 is 10.9 Å². The molecule has 2 rings (SSSR count). The van der Waals surface area contributed by atoms with Crippen LogP contribution in [0.25, 0.3) is 5.69 Å². The second-order valence-corrected chi connectivity index (χ2v) is 5.90. The van der Waals surface area contributed by atoms with E-state index in [0.29, 0.717) is 12.3 Å². The van der Waals surface area contributed by atoms with Crippen molar-refractivity contribution >= 4 is 5.91 Å². The molecular formula is C17H20FN3O3. The molecule has 24 heavy (non-hydrogen) atoms. The van der Waals surface area contributed by atoms with Gasteiger partial charge in [0.1, 0.15) is 17.2 Å². The van der Waals surface area contributed by atoms with Crippen LogP contribution in [0, 0.1) is 11.7 Å². The number of aromatic nitrogens is 2. The van der Waals surface area contributed by atoms with Gasteiger partial charge in [-0.1, -0.05) is 26.0 Å². The molecule has 7 heteroatoms. The Balaban J connectivity index is 2.29. The number of carbonyl (C=O) groups excluding carboxylic acids is 1. The summed E-state index contributed by atoms with van der Waals surface area (Å²) in [7, 11) is 0. The lowest BCUT2D eigenvalue weighted by Gasteiger charge is -2.18. The van der Waals surface area contributed by atoms with Crippen molar-refractivity contribution in [2.45, 2.75) is 26.3 Å². The van der Waals surface area contributed by atoms with Gasteiger partial charge in [-0.3, -0.25) is 9.59 Å². The van der Waals surface area contributed by atoms with E-state index in [2.05, 4.69) is 10.4 Å². The van der Waals surface area contributed by atoms with Crippen molar-refractivity contribution in [1.82, 2.24) is 15.1 Å². The van der Waals surface area contributed by atoms with Crippen LogP contribution in [0.15, 0.2) is 41.2 Å². The number of halogens is 1. The van der Waals surface area contributed by atoms with E-state index >= 15 is 0 Å². The summed E-state index contributed by atoms with van der Waals surface area (Å²) in [5.74, 6) is -0.847. The van der Waals surface area contributed by atoms with Crippen molar-refractivity contribution in [3.05, 3.63) is 58.3 Å². The number of rotatable bonds is 6. The van der Waals surface area contributed by atoms with Crippen molar-refractivity contribution in [1.29, 1.82) is 0 Å². The molecule has 0 fully saturated rings. The fourth-order valence-corrected chi connectivity index (χ4v) is 2.34. The monoisotopic (exact) mass is 333 g/mol. The summed E-state index contributed by atoms with van der Waals surface area (Å²) in [6.07, 6.45) is 0.606. The third-order valence-electron chi connectivity index (χ3n) is 3.43. The number of nitrogens with one attached hydrogen (secondary N) is 1. The number of aliphatic hydroxyl groups excluding tert-OH is 1. The van der Waals surface area contributed by atoms with Crippen LogP contribution in [0.5, 0.6) is 0 Å². The Bertz CT molecular complexity index is 774. The van der Waals surface area contributed by atoms with Gasteiger partial charge in [-0.25, -0.2) is 4.39 Å². The zero-order valence-corrected chi connectivity index (χ0v) is 13.6. The molecule has 1 aromatic heterocycles. The molecule has 0 aliphatic heterocycles. The standard InChI is InChI=1S/C17H20FN3O3/c1-11(2)9-12(10-22)19-17(24)14-7-8-16(23)21(20-14)15-6-4-3-5-13(15)18/h3-8,11-12,22H,9-10H2,1-2H3,(H,19,24). The lowest BCUT2D eigenvalue weighted by molar-refractivity contribution is 0.0901. The van der Waals surface area contributed by atoms with Gasteiger partial charge in [0.25, 0.3) is 11.5 Å². The summed E-state index contributed by atoms with van der Waals surface area (Å²) in [6.45, 7) is 3.76. The van der Waals surface area contributed by atoms with Crippen molar-refractivity contribution in [2.75, 3.05) is 6.61 Å². The molecule has 0 spiro atoms. The van der Waals surface area contributed by atoms with Crippen molar-refractivity contribution in [2.24, 2.45) is 5.92 Å². The first-order valence-electron chi connectivity index (χ1n) is 7.69. The molecule has 0 radical (unpaired) electrons. The predicted octanol–water partition coefficient (Wildman–Crippen LogP) is 1.51. The van der Waals surface area contributed by atoms with E-state index in [9.17, 15) is 19.1 Å². The second kappa shape index (κ2) is 7.83. The summed E-state index contributed by atoms with van der Waals surface area (Å²) in [6, 6.07) is 7.71. The maximum atomic E-state index is 13.9. The maximum Gasteiger partial charge on any atom is 0.272 e. The number of aliphatic hydroxyl groups is 1. The highest BCUT2D eigenvalue weighted by atomic mass is 19.1. The van der Waals surface area contributed by atoms with Gasteiger partial charge in [-0.15, -0.1) is 0 Å². The van der Waals surface area contributed by atoms with E-state index in [0.717, 1.165) is 10.7 Å². The SMILES string of the molecule is CC(C)CC(CO)NC(=O)c1ccc(=O)n(-c2ccccc2F)n1. The van der Waals surface area contributed by atoms with Crippen molar-refractivity contribution in [3.8, 4) is 5.69 Å². The third kappa shape index (κ3) is 4.26. The molecular weight excluding hydrogens is 313 g/mol. The highest BCUT2D eigenvalue weighted by Crippen LogP contribution is 2.10. The van der Waals surface area contributed by atoms with Crippen LogP contribution >= 0.6 is 0 Å². The molecule has 0 aliphatic rings. The molecule has 2 N–H and O–H groups in total. The van der Waals surface area contributed by atoms with Crippen LogP contribution in [0.1, 0.15) is 30.8 Å². The first kappa shape index (κ1) is 17.8. The van der Waals surface area contributed by atoms with Crippen LogP contribution in [0.3, 0.4) is 0 Å². The largest absolute Gasteiger partial charge is 0.394 e. The van der Waals surface area contributed by atoms with Gasteiger partial charge in [-0.05, 0) is 30.5 Å². The number of carbonyl (C=O) groups is 1. The Hall–Kier alpha value is -2.54. The van der Waals surface area contributed by atoms with Crippen molar-refractivity contribution < 1.29 is 14.3 Å². The summed E-state index contributed by atoms with van der Waals surface area (Å²) < 4.78 is 14.7. The topological polar surface area (TPSA) is 84.2 Å². The molecule has 1 heterocycles. The molecule has 6 nitrogen and oxygen atoms in total. The lowest BCUT2D eigenvalue weighted by atomic mass is 10.0. The molecule has 1 unspecified atom stereocenters. The molecule has 0 bridgehead atoms. The molecule has 0 saturated carbocycles. The number of hydrogen-bond donors (Lipinski definition) is 2. The van der Waals surface area contributed by atoms with E-state index in [1.165, 1.54) is 24.3 Å². The van der Waals surface area contributed by atoms with E-state index < -0.39 is 23.3 Å². The quantitative estimate of drug-likeness (QED) is 0.839. The third-order valence-corrected chi connectivity index (χ3v) is 3.43. The number of amides is 1. The van der Waals surface area contributed by atoms with E-state index in [1.54, 1.807) is 6.07 Å². The molecule has 128 valence electrons. The fourth-order valence-electron chi connectivity index (χ4n) is 2.34. The Kier molecular flexibility index (Phi) is 5.81. The summed E-state index contributed by atoms with van der Waals surface area (Å²) >= 11 is 0. The highest BCUT2D eigenvalue weighted by molar-refractivity contribution is 5.92. The molecule has 1 atom stereocenters. The van der Waals surface area contributed by atoms with Gasteiger partial charge in [0.05, 0.1) is 12.6 Å². The lowest BCUT2D eigenvalue weighted by Crippen LogP contribution is -2.39. The Morgan fingerprint density at radius 2 is 2.00 bits per heavy atom. The van der Waals surface area contributed by atoms with Gasteiger partial charge in [0, 0.05) is 6.07 Å². The molecule has 1 amide bonds.